The Kier molecular flexibility index (Phi) is 5.93. The van der Waals surface area contributed by atoms with Gasteiger partial charge < -0.3 is 5.32 Å². The van der Waals surface area contributed by atoms with Crippen molar-refractivity contribution in [1.82, 2.24) is 25.6 Å². The average molecular weight is 424 g/mol. The Labute approximate surface area is 182 Å². The molecule has 0 spiro atoms. The number of hydrogen-bond acceptors (Lipinski definition) is 5. The third-order valence-corrected chi connectivity index (χ3v) is 6.31. The molecule has 4 rings (SSSR count). The van der Waals surface area contributed by atoms with Crippen molar-refractivity contribution in [3.63, 3.8) is 0 Å². The first-order valence-corrected chi connectivity index (χ1v) is 10.8. The van der Waals surface area contributed by atoms with E-state index in [0.717, 1.165) is 37.7 Å². The van der Waals surface area contributed by atoms with Crippen molar-refractivity contribution in [2.75, 3.05) is 32.7 Å². The summed E-state index contributed by atoms with van der Waals surface area (Å²) in [5.74, 6) is -0.778. The van der Waals surface area contributed by atoms with E-state index in [2.05, 4.69) is 58.1 Å². The van der Waals surface area contributed by atoms with Gasteiger partial charge in [0.15, 0.2) is 0 Å². The van der Waals surface area contributed by atoms with Crippen molar-refractivity contribution in [1.29, 1.82) is 0 Å². The lowest BCUT2D eigenvalue weighted by molar-refractivity contribution is -0.139. The van der Waals surface area contributed by atoms with E-state index in [1.54, 1.807) is 6.92 Å². The molecule has 8 nitrogen and oxygen atoms in total. The lowest BCUT2D eigenvalue weighted by Gasteiger charge is -2.34. The second kappa shape index (κ2) is 8.64. The monoisotopic (exact) mass is 423 g/mol. The highest BCUT2D eigenvalue weighted by Crippen LogP contribution is 2.21. The molecule has 2 N–H and O–H groups in total. The molecule has 0 aliphatic carbocycles. The van der Waals surface area contributed by atoms with Gasteiger partial charge in [0.05, 0.1) is 6.54 Å². The summed E-state index contributed by atoms with van der Waals surface area (Å²) in [6.07, 6.45) is 0.461. The molecule has 2 aromatic rings. The molecule has 0 aromatic heterocycles. The van der Waals surface area contributed by atoms with E-state index in [4.69, 9.17) is 0 Å². The molecule has 0 unspecified atom stereocenters. The Morgan fingerprint density at radius 3 is 2.42 bits per heavy atom. The molecule has 2 aliphatic rings. The Bertz CT molecular complexity index is 996. The molecular formula is C23H29N5O3. The van der Waals surface area contributed by atoms with Crippen molar-refractivity contribution in [3.8, 4) is 0 Å². The zero-order valence-electron chi connectivity index (χ0n) is 18.1. The number of amides is 4. The zero-order valence-corrected chi connectivity index (χ0v) is 18.1. The number of benzene rings is 2. The molecule has 1 atom stereocenters. The topological polar surface area (TPSA) is 85.0 Å². The maximum atomic E-state index is 12.4. The van der Waals surface area contributed by atoms with Crippen LogP contribution in [0.4, 0.5) is 4.79 Å². The van der Waals surface area contributed by atoms with E-state index >= 15 is 0 Å². The fourth-order valence-corrected chi connectivity index (χ4v) is 4.17. The molecule has 2 aliphatic heterocycles. The summed E-state index contributed by atoms with van der Waals surface area (Å²) in [6, 6.07) is 14.2. The summed E-state index contributed by atoms with van der Waals surface area (Å²) in [5.41, 5.74) is 2.81. The van der Waals surface area contributed by atoms with Crippen molar-refractivity contribution < 1.29 is 14.4 Å². The van der Waals surface area contributed by atoms with Crippen LogP contribution < -0.4 is 10.7 Å². The number of carbonyl (C=O) groups excluding carboxylic acids is 3. The summed E-state index contributed by atoms with van der Waals surface area (Å²) in [4.78, 5) is 41.3. The maximum absolute atomic E-state index is 12.4. The van der Waals surface area contributed by atoms with Gasteiger partial charge in [-0.1, -0.05) is 49.4 Å². The first kappa shape index (κ1) is 21.3. The lowest BCUT2D eigenvalue weighted by atomic mass is 10.00. The van der Waals surface area contributed by atoms with Crippen LogP contribution in [0.25, 0.3) is 10.8 Å². The van der Waals surface area contributed by atoms with Gasteiger partial charge in [0.2, 0.25) is 0 Å². The van der Waals surface area contributed by atoms with Gasteiger partial charge in [-0.3, -0.25) is 24.8 Å². The Morgan fingerprint density at radius 2 is 1.71 bits per heavy atom. The van der Waals surface area contributed by atoms with Crippen LogP contribution in [0, 0.1) is 0 Å². The fraction of sp³-hybridized carbons (Fsp3) is 0.435. The smallest absolute Gasteiger partial charge is 0.322 e. The standard InChI is InChI=1S/C23H29N5O3/c1-3-23(2)21(30)28(22(31)24-23)25-20(29)16-27-13-11-26(12-14-27)15-18-9-6-8-17-7-4-5-10-19(17)18/h4-10H,3,11-16H2,1-2H3,(H,24,31)(H,25,29)/t23-/m0/s1. The molecule has 0 radical (unpaired) electrons. The lowest BCUT2D eigenvalue weighted by Crippen LogP contribution is -2.53. The van der Waals surface area contributed by atoms with Crippen LogP contribution in [-0.4, -0.2) is 70.9 Å². The van der Waals surface area contributed by atoms with Crippen LogP contribution >= 0.6 is 0 Å². The molecule has 164 valence electrons. The summed E-state index contributed by atoms with van der Waals surface area (Å²) in [6.45, 7) is 7.73. The molecule has 2 saturated heterocycles. The van der Waals surface area contributed by atoms with Gasteiger partial charge in [-0.15, -0.1) is 0 Å². The van der Waals surface area contributed by atoms with E-state index in [-0.39, 0.29) is 12.5 Å². The molecular weight excluding hydrogens is 394 g/mol. The highest BCUT2D eigenvalue weighted by molar-refractivity contribution is 6.07. The SMILES string of the molecule is CC[C@]1(C)NC(=O)N(NC(=O)CN2CCN(Cc3cccc4ccccc34)CC2)C1=O. The Morgan fingerprint density at radius 1 is 1.03 bits per heavy atom. The first-order valence-electron chi connectivity index (χ1n) is 10.8. The number of urea groups is 1. The fourth-order valence-electron chi connectivity index (χ4n) is 4.17. The average Bonchev–Trinajstić information content (AvgIpc) is 2.99. The minimum atomic E-state index is -0.961. The number of nitrogens with zero attached hydrogens (tertiary/aromatic N) is 3. The van der Waals surface area contributed by atoms with E-state index < -0.39 is 17.5 Å². The third-order valence-electron chi connectivity index (χ3n) is 6.31. The normalized spacial score (nSPS) is 22.7. The minimum Gasteiger partial charge on any atom is -0.322 e. The van der Waals surface area contributed by atoms with E-state index in [0.29, 0.717) is 6.42 Å². The van der Waals surface area contributed by atoms with Gasteiger partial charge in [-0.2, -0.15) is 5.01 Å². The Hall–Kier alpha value is -2.97. The van der Waals surface area contributed by atoms with Crippen molar-refractivity contribution in [2.45, 2.75) is 32.4 Å². The number of rotatable bonds is 6. The number of imide groups is 1. The van der Waals surface area contributed by atoms with Crippen LogP contribution in [-0.2, 0) is 16.1 Å². The number of hydrogen-bond donors (Lipinski definition) is 2. The van der Waals surface area contributed by atoms with Crippen LogP contribution in [0.5, 0.6) is 0 Å². The molecule has 4 amide bonds. The number of piperazine rings is 1. The molecule has 2 aromatic carbocycles. The second-order valence-corrected chi connectivity index (χ2v) is 8.48. The van der Waals surface area contributed by atoms with Crippen LogP contribution in [0.3, 0.4) is 0 Å². The highest BCUT2D eigenvalue weighted by atomic mass is 16.2. The largest absolute Gasteiger partial charge is 0.344 e. The molecule has 0 saturated carbocycles. The van der Waals surface area contributed by atoms with Crippen LogP contribution in [0.1, 0.15) is 25.8 Å². The summed E-state index contributed by atoms with van der Waals surface area (Å²) in [7, 11) is 0. The summed E-state index contributed by atoms with van der Waals surface area (Å²) in [5, 5.41) is 5.96. The molecule has 2 fully saturated rings. The summed E-state index contributed by atoms with van der Waals surface area (Å²) < 4.78 is 0. The maximum Gasteiger partial charge on any atom is 0.344 e. The van der Waals surface area contributed by atoms with Crippen LogP contribution in [0.15, 0.2) is 42.5 Å². The molecule has 31 heavy (non-hydrogen) atoms. The molecule has 2 heterocycles. The van der Waals surface area contributed by atoms with Crippen molar-refractivity contribution >= 4 is 28.6 Å². The number of nitrogens with one attached hydrogen (secondary N) is 2. The van der Waals surface area contributed by atoms with Gasteiger partial charge >= 0.3 is 6.03 Å². The highest BCUT2D eigenvalue weighted by Gasteiger charge is 2.47. The quantitative estimate of drug-likeness (QED) is 0.691. The molecule has 0 bridgehead atoms. The van der Waals surface area contributed by atoms with E-state index in [1.165, 1.54) is 16.3 Å². The van der Waals surface area contributed by atoms with Gasteiger partial charge in [-0.05, 0) is 29.7 Å². The van der Waals surface area contributed by atoms with Gasteiger partial charge in [-0.25, -0.2) is 4.79 Å². The van der Waals surface area contributed by atoms with Crippen LogP contribution in [0.2, 0.25) is 0 Å². The number of carbonyl (C=O) groups is 3. The van der Waals surface area contributed by atoms with Crippen molar-refractivity contribution in [2.24, 2.45) is 0 Å². The zero-order chi connectivity index (χ0) is 22.0. The predicted octanol–water partition coefficient (Wildman–Crippen LogP) is 1.71. The number of fused-ring (bicyclic) bond motifs is 1. The molecule has 8 heteroatoms. The number of hydrazine groups is 1. The van der Waals surface area contributed by atoms with E-state index in [1.807, 2.05) is 11.8 Å². The predicted molar refractivity (Wildman–Crippen MR) is 118 cm³/mol. The van der Waals surface area contributed by atoms with Gasteiger partial charge in [0.25, 0.3) is 11.8 Å². The van der Waals surface area contributed by atoms with Gasteiger partial charge in [0, 0.05) is 32.7 Å². The summed E-state index contributed by atoms with van der Waals surface area (Å²) >= 11 is 0. The van der Waals surface area contributed by atoms with Gasteiger partial charge in [0.1, 0.15) is 5.54 Å². The minimum absolute atomic E-state index is 0.155. The first-order chi connectivity index (χ1) is 14.9. The second-order valence-electron chi connectivity index (χ2n) is 8.48. The third kappa shape index (κ3) is 4.40. The van der Waals surface area contributed by atoms with Crippen molar-refractivity contribution in [3.05, 3.63) is 48.0 Å². The van der Waals surface area contributed by atoms with E-state index in [9.17, 15) is 14.4 Å². The Balaban J connectivity index is 1.28.